The number of aliphatic hydroxyl groups is 1. The molecule has 2 aromatic rings. The van der Waals surface area contributed by atoms with Gasteiger partial charge in [-0.3, -0.25) is 4.79 Å². The predicted molar refractivity (Wildman–Crippen MR) is 137 cm³/mol. The number of hydrogen-bond donors (Lipinski definition) is 2. The molecule has 2 unspecified atom stereocenters. The number of ether oxygens (including phenoxy) is 1. The van der Waals surface area contributed by atoms with Gasteiger partial charge in [-0.05, 0) is 81.4 Å². The maximum Gasteiger partial charge on any atom is 0.220 e. The van der Waals surface area contributed by atoms with Gasteiger partial charge in [0.2, 0.25) is 11.8 Å². The maximum absolute atomic E-state index is 13.1. The number of likely N-dealkylation sites (tertiary alicyclic amines) is 1. The number of benzene rings is 1. The van der Waals surface area contributed by atoms with E-state index in [1.807, 2.05) is 36.4 Å². The lowest BCUT2D eigenvalue weighted by Crippen LogP contribution is -2.47. The van der Waals surface area contributed by atoms with Crippen molar-refractivity contribution in [1.29, 1.82) is 0 Å². The van der Waals surface area contributed by atoms with Crippen molar-refractivity contribution in [2.24, 2.45) is 5.92 Å². The third-order valence-corrected chi connectivity index (χ3v) is 7.50. The Hall–Kier alpha value is -2.35. The number of hydrogen-bond acceptors (Lipinski definition) is 6. The number of amides is 1. The lowest BCUT2D eigenvalue weighted by Gasteiger charge is -2.29. The Bertz CT molecular complexity index is 977. The molecule has 3 atom stereocenters. The van der Waals surface area contributed by atoms with Crippen molar-refractivity contribution in [2.45, 2.75) is 56.8 Å². The van der Waals surface area contributed by atoms with Gasteiger partial charge in [-0.25, -0.2) is 4.98 Å². The van der Waals surface area contributed by atoms with Crippen molar-refractivity contribution in [1.82, 2.24) is 15.2 Å². The molecule has 3 fully saturated rings. The number of carbonyl (C=O) groups is 1. The molecule has 0 radical (unpaired) electrons. The van der Waals surface area contributed by atoms with Crippen LogP contribution in [-0.4, -0.2) is 65.8 Å². The number of anilines is 1. The van der Waals surface area contributed by atoms with Crippen molar-refractivity contribution in [3.63, 3.8) is 0 Å². The summed E-state index contributed by atoms with van der Waals surface area (Å²) >= 11 is 6.02. The van der Waals surface area contributed by atoms with Gasteiger partial charge in [-0.15, -0.1) is 0 Å². The summed E-state index contributed by atoms with van der Waals surface area (Å²) in [6.45, 7) is 4.42. The van der Waals surface area contributed by atoms with Crippen LogP contribution in [0.15, 0.2) is 42.6 Å². The van der Waals surface area contributed by atoms with Gasteiger partial charge < -0.3 is 25.0 Å². The van der Waals surface area contributed by atoms with Crippen molar-refractivity contribution in [3.05, 3.63) is 53.2 Å². The van der Waals surface area contributed by atoms with Crippen LogP contribution in [0.1, 0.15) is 50.2 Å². The summed E-state index contributed by atoms with van der Waals surface area (Å²) in [6.07, 6.45) is 7.04. The second-order valence-corrected chi connectivity index (χ2v) is 10.6. The quantitative estimate of drug-likeness (QED) is 0.518. The number of pyridine rings is 1. The third kappa shape index (κ3) is 6.66. The number of nitrogens with one attached hydrogen (secondary N) is 1. The smallest absolute Gasteiger partial charge is 0.220 e. The zero-order valence-corrected chi connectivity index (χ0v) is 20.9. The molecule has 1 aromatic carbocycles. The van der Waals surface area contributed by atoms with Gasteiger partial charge in [0.1, 0.15) is 12.2 Å². The van der Waals surface area contributed by atoms with Crippen LogP contribution in [0.4, 0.5) is 5.69 Å². The van der Waals surface area contributed by atoms with Crippen molar-refractivity contribution in [2.75, 3.05) is 37.6 Å². The van der Waals surface area contributed by atoms with Crippen LogP contribution in [0.3, 0.4) is 0 Å². The highest BCUT2D eigenvalue weighted by Crippen LogP contribution is 2.28. The minimum Gasteiger partial charge on any atom is -0.474 e. The molecule has 2 N–H and O–H groups in total. The van der Waals surface area contributed by atoms with E-state index >= 15 is 0 Å². The number of aliphatic hydroxyl groups excluding tert-OH is 1. The fourth-order valence-corrected chi connectivity index (χ4v) is 5.23. The number of halogens is 1. The molecule has 1 saturated carbocycles. The predicted octanol–water partition coefficient (Wildman–Crippen LogP) is 3.81. The molecule has 35 heavy (non-hydrogen) atoms. The van der Waals surface area contributed by atoms with Crippen LogP contribution in [-0.2, 0) is 4.79 Å². The molecule has 2 aliphatic heterocycles. The highest BCUT2D eigenvalue weighted by molar-refractivity contribution is 6.30. The standard InChI is InChI=1S/C27H35ClN4O3/c28-21-4-6-22(7-5-21)32-14-11-19(17-32)15-25(33)30-24(18-31-12-1-2-13-31)27(34)20-3-10-26(29-16-20)35-23-8-9-23/h3-7,10,16,19,23-24,27,34H,1-2,8-9,11-15,17-18H2,(H,30,33)/t19?,24-,27?/m1/s1. The molecule has 8 heteroatoms. The fourth-order valence-electron chi connectivity index (χ4n) is 5.11. The monoisotopic (exact) mass is 498 g/mol. The van der Waals surface area contributed by atoms with Crippen molar-refractivity contribution >= 4 is 23.2 Å². The van der Waals surface area contributed by atoms with Crippen LogP contribution in [0.5, 0.6) is 5.88 Å². The molecule has 0 spiro atoms. The molecular weight excluding hydrogens is 464 g/mol. The van der Waals surface area contributed by atoms with Crippen LogP contribution in [0.2, 0.25) is 5.02 Å². The molecule has 0 bridgehead atoms. The first-order valence-corrected chi connectivity index (χ1v) is 13.2. The summed E-state index contributed by atoms with van der Waals surface area (Å²) in [5, 5.41) is 15.1. The second kappa shape index (κ2) is 11.1. The molecule has 1 amide bonds. The van der Waals surface area contributed by atoms with Crippen molar-refractivity contribution < 1.29 is 14.6 Å². The van der Waals surface area contributed by atoms with Gasteiger partial charge in [0.25, 0.3) is 0 Å². The molecule has 1 aromatic heterocycles. The number of carbonyl (C=O) groups excluding carboxylic acids is 1. The normalized spacial score (nSPS) is 22.2. The average Bonchev–Trinajstić information content (AvgIpc) is 3.30. The Morgan fingerprint density at radius 1 is 1.11 bits per heavy atom. The first kappa shape index (κ1) is 24.3. The zero-order chi connectivity index (χ0) is 24.2. The molecule has 3 heterocycles. The third-order valence-electron chi connectivity index (χ3n) is 7.25. The lowest BCUT2D eigenvalue weighted by molar-refractivity contribution is -0.123. The van der Waals surface area contributed by atoms with Crippen molar-refractivity contribution in [3.8, 4) is 5.88 Å². The van der Waals surface area contributed by atoms with E-state index < -0.39 is 6.10 Å². The number of rotatable bonds is 10. The molecule has 5 rings (SSSR count). The van der Waals surface area contributed by atoms with E-state index in [0.717, 1.165) is 69.0 Å². The van der Waals surface area contributed by atoms with Gasteiger partial charge in [0, 0.05) is 54.6 Å². The molecule has 188 valence electrons. The first-order valence-electron chi connectivity index (χ1n) is 12.9. The first-order chi connectivity index (χ1) is 17.0. The summed E-state index contributed by atoms with van der Waals surface area (Å²) in [5.41, 5.74) is 1.84. The molecule has 2 saturated heterocycles. The zero-order valence-electron chi connectivity index (χ0n) is 20.1. The summed E-state index contributed by atoms with van der Waals surface area (Å²) in [5.74, 6) is 0.878. The molecule has 7 nitrogen and oxygen atoms in total. The van der Waals surface area contributed by atoms with Gasteiger partial charge >= 0.3 is 0 Å². The summed E-state index contributed by atoms with van der Waals surface area (Å²) in [4.78, 5) is 22.1. The minimum absolute atomic E-state index is 0.00199. The number of aromatic nitrogens is 1. The Balaban J connectivity index is 1.19. The van der Waals surface area contributed by atoms with Crippen LogP contribution in [0, 0.1) is 5.92 Å². The van der Waals surface area contributed by atoms with Gasteiger partial charge in [-0.1, -0.05) is 11.6 Å². The highest BCUT2D eigenvalue weighted by atomic mass is 35.5. The van der Waals surface area contributed by atoms with Crippen LogP contribution < -0.4 is 15.0 Å². The summed E-state index contributed by atoms with van der Waals surface area (Å²) < 4.78 is 5.73. The van der Waals surface area contributed by atoms with E-state index in [-0.39, 0.29) is 24.0 Å². The van der Waals surface area contributed by atoms with E-state index in [4.69, 9.17) is 16.3 Å². The van der Waals surface area contributed by atoms with Gasteiger partial charge in [-0.2, -0.15) is 0 Å². The Morgan fingerprint density at radius 2 is 1.89 bits per heavy atom. The second-order valence-electron chi connectivity index (χ2n) is 10.2. The van der Waals surface area contributed by atoms with Gasteiger partial charge in [0.05, 0.1) is 6.04 Å². The van der Waals surface area contributed by atoms with Crippen LogP contribution >= 0.6 is 11.6 Å². The van der Waals surface area contributed by atoms with Gasteiger partial charge in [0.15, 0.2) is 0 Å². The van der Waals surface area contributed by atoms with E-state index in [9.17, 15) is 9.90 Å². The van der Waals surface area contributed by atoms with E-state index in [2.05, 4.69) is 20.1 Å². The molecule has 1 aliphatic carbocycles. The fraction of sp³-hybridized carbons (Fsp3) is 0.556. The Labute approximate surface area is 212 Å². The van der Waals surface area contributed by atoms with E-state index in [0.29, 0.717) is 24.4 Å². The van der Waals surface area contributed by atoms with Crippen LogP contribution in [0.25, 0.3) is 0 Å². The summed E-state index contributed by atoms with van der Waals surface area (Å²) in [6, 6.07) is 11.2. The minimum atomic E-state index is -0.823. The Kier molecular flexibility index (Phi) is 7.75. The topological polar surface area (TPSA) is 77.9 Å². The lowest BCUT2D eigenvalue weighted by atomic mass is 10.0. The summed E-state index contributed by atoms with van der Waals surface area (Å²) in [7, 11) is 0. The van der Waals surface area contributed by atoms with E-state index in [1.54, 1.807) is 6.20 Å². The molecule has 3 aliphatic rings. The van der Waals surface area contributed by atoms with E-state index in [1.165, 1.54) is 0 Å². The largest absolute Gasteiger partial charge is 0.474 e. The number of nitrogens with zero attached hydrogens (tertiary/aromatic N) is 3. The highest BCUT2D eigenvalue weighted by Gasteiger charge is 2.30. The molecular formula is C27H35ClN4O3. The SMILES string of the molecule is O=C(CC1CCN(c2ccc(Cl)cc2)C1)N[C@H](CN1CCCC1)C(O)c1ccc(OC2CC2)nc1. The average molecular weight is 499 g/mol. The maximum atomic E-state index is 13.1. The Morgan fingerprint density at radius 3 is 2.57 bits per heavy atom.